The van der Waals surface area contributed by atoms with Crippen molar-refractivity contribution in [3.8, 4) is 0 Å². The van der Waals surface area contributed by atoms with Gasteiger partial charge >= 0.3 is 5.97 Å². The van der Waals surface area contributed by atoms with Crippen LogP contribution in [0, 0.1) is 6.92 Å². The first kappa shape index (κ1) is 14.5. The van der Waals surface area contributed by atoms with E-state index in [-0.39, 0.29) is 17.3 Å². The highest BCUT2D eigenvalue weighted by Crippen LogP contribution is 2.20. The Morgan fingerprint density at radius 3 is 2.61 bits per heavy atom. The SMILES string of the molecule is CCOC(=O)CNS(=O)(=O)c1c(N)nn(C)c1C. The molecule has 1 aromatic rings. The van der Waals surface area contributed by atoms with Gasteiger partial charge in [0.2, 0.25) is 10.0 Å². The van der Waals surface area contributed by atoms with E-state index in [2.05, 4.69) is 14.6 Å². The Morgan fingerprint density at radius 1 is 1.56 bits per heavy atom. The molecule has 3 N–H and O–H groups in total. The number of aromatic nitrogens is 2. The molecule has 0 bridgehead atoms. The van der Waals surface area contributed by atoms with Gasteiger partial charge in [0.1, 0.15) is 11.4 Å². The first-order chi connectivity index (χ1) is 8.29. The van der Waals surface area contributed by atoms with Crippen LogP contribution in [0.4, 0.5) is 5.82 Å². The quantitative estimate of drug-likeness (QED) is 0.677. The summed E-state index contributed by atoms with van der Waals surface area (Å²) in [5.74, 6) is -0.757. The van der Waals surface area contributed by atoms with Crippen LogP contribution < -0.4 is 10.5 Å². The molecule has 0 saturated heterocycles. The molecule has 9 heteroatoms. The molecule has 8 nitrogen and oxygen atoms in total. The Balaban J connectivity index is 2.90. The molecular weight excluding hydrogens is 260 g/mol. The molecule has 102 valence electrons. The van der Waals surface area contributed by atoms with Crippen LogP contribution >= 0.6 is 0 Å². The predicted molar refractivity (Wildman–Crippen MR) is 64.2 cm³/mol. The average Bonchev–Trinajstić information content (AvgIpc) is 2.51. The van der Waals surface area contributed by atoms with Crippen LogP contribution in [0.3, 0.4) is 0 Å². The Morgan fingerprint density at radius 2 is 2.17 bits per heavy atom. The van der Waals surface area contributed by atoms with E-state index in [1.54, 1.807) is 20.9 Å². The summed E-state index contributed by atoms with van der Waals surface area (Å²) in [7, 11) is -2.29. The normalized spacial score (nSPS) is 11.5. The Labute approximate surface area is 105 Å². The zero-order chi connectivity index (χ0) is 13.9. The van der Waals surface area contributed by atoms with Crippen molar-refractivity contribution in [3.63, 3.8) is 0 Å². The van der Waals surface area contributed by atoms with Crippen LogP contribution in [-0.2, 0) is 26.6 Å². The number of ether oxygens (including phenoxy) is 1. The summed E-state index contributed by atoms with van der Waals surface area (Å²) in [4.78, 5) is 11.0. The zero-order valence-corrected chi connectivity index (χ0v) is 11.2. The van der Waals surface area contributed by atoms with Crippen molar-refractivity contribution in [2.75, 3.05) is 18.9 Å². The number of nitrogens with one attached hydrogen (secondary N) is 1. The molecule has 0 aliphatic heterocycles. The van der Waals surface area contributed by atoms with E-state index in [4.69, 9.17) is 5.73 Å². The Bertz CT molecular complexity index is 549. The molecule has 1 rings (SSSR count). The van der Waals surface area contributed by atoms with E-state index in [0.29, 0.717) is 5.69 Å². The molecule has 0 unspecified atom stereocenters. The van der Waals surface area contributed by atoms with E-state index >= 15 is 0 Å². The molecule has 1 heterocycles. The van der Waals surface area contributed by atoms with Crippen LogP contribution in [-0.4, -0.2) is 37.3 Å². The highest BCUT2D eigenvalue weighted by atomic mass is 32.2. The van der Waals surface area contributed by atoms with Crippen molar-refractivity contribution >= 4 is 21.8 Å². The fourth-order valence-electron chi connectivity index (χ4n) is 1.38. The lowest BCUT2D eigenvalue weighted by Gasteiger charge is -2.06. The first-order valence-electron chi connectivity index (χ1n) is 5.24. The van der Waals surface area contributed by atoms with Gasteiger partial charge in [-0.3, -0.25) is 9.48 Å². The highest BCUT2D eigenvalue weighted by molar-refractivity contribution is 7.89. The number of hydrogen-bond acceptors (Lipinski definition) is 6. The molecule has 0 spiro atoms. The minimum Gasteiger partial charge on any atom is -0.465 e. The van der Waals surface area contributed by atoms with Gasteiger partial charge in [-0.2, -0.15) is 9.82 Å². The van der Waals surface area contributed by atoms with Crippen LogP contribution in [0.25, 0.3) is 0 Å². The van der Waals surface area contributed by atoms with Crippen molar-refractivity contribution in [2.24, 2.45) is 7.05 Å². The molecule has 0 atom stereocenters. The van der Waals surface area contributed by atoms with Crippen LogP contribution in [0.5, 0.6) is 0 Å². The average molecular weight is 276 g/mol. The molecule has 0 radical (unpaired) electrons. The maximum Gasteiger partial charge on any atom is 0.321 e. The van der Waals surface area contributed by atoms with Crippen molar-refractivity contribution in [1.29, 1.82) is 0 Å². The largest absolute Gasteiger partial charge is 0.465 e. The second-order valence-corrected chi connectivity index (χ2v) is 5.26. The monoisotopic (exact) mass is 276 g/mol. The molecule has 0 fully saturated rings. The topological polar surface area (TPSA) is 116 Å². The molecule has 0 aliphatic rings. The summed E-state index contributed by atoms with van der Waals surface area (Å²) in [5.41, 5.74) is 5.92. The van der Waals surface area contributed by atoms with Crippen molar-refractivity contribution in [3.05, 3.63) is 5.69 Å². The van der Waals surface area contributed by atoms with Gasteiger partial charge in [-0.1, -0.05) is 0 Å². The Kier molecular flexibility index (Phi) is 4.30. The standard InChI is InChI=1S/C9H16N4O4S/c1-4-17-7(14)5-11-18(15,16)8-6(2)13(3)12-9(8)10/h11H,4-5H2,1-3H3,(H2,10,12). The van der Waals surface area contributed by atoms with E-state index in [1.165, 1.54) is 4.68 Å². The lowest BCUT2D eigenvalue weighted by atomic mass is 10.5. The van der Waals surface area contributed by atoms with Gasteiger partial charge < -0.3 is 10.5 Å². The van der Waals surface area contributed by atoms with Gasteiger partial charge in [0.25, 0.3) is 0 Å². The van der Waals surface area contributed by atoms with Gasteiger partial charge in [0.15, 0.2) is 5.82 Å². The predicted octanol–water partition coefficient (Wildman–Crippen LogP) is -0.848. The van der Waals surface area contributed by atoms with Gasteiger partial charge in [0.05, 0.1) is 12.3 Å². The molecule has 0 aromatic carbocycles. The van der Waals surface area contributed by atoms with Gasteiger partial charge in [-0.15, -0.1) is 0 Å². The maximum absolute atomic E-state index is 11.9. The Hall–Kier alpha value is -1.61. The number of nitrogens with zero attached hydrogens (tertiary/aromatic N) is 2. The second kappa shape index (κ2) is 5.36. The fourth-order valence-corrected chi connectivity index (χ4v) is 2.67. The summed E-state index contributed by atoms with van der Waals surface area (Å²) in [6.07, 6.45) is 0. The van der Waals surface area contributed by atoms with Gasteiger partial charge in [-0.25, -0.2) is 8.42 Å². The number of nitrogen functional groups attached to an aromatic ring is 1. The van der Waals surface area contributed by atoms with E-state index in [1.807, 2.05) is 0 Å². The number of aryl methyl sites for hydroxylation is 1. The third-order valence-corrected chi connectivity index (χ3v) is 3.85. The number of rotatable bonds is 5. The van der Waals surface area contributed by atoms with Crippen molar-refractivity contribution < 1.29 is 17.9 Å². The molecule has 18 heavy (non-hydrogen) atoms. The number of hydrogen-bond donors (Lipinski definition) is 2. The molecule has 0 aliphatic carbocycles. The number of esters is 1. The van der Waals surface area contributed by atoms with E-state index in [9.17, 15) is 13.2 Å². The molecule has 0 amide bonds. The number of sulfonamides is 1. The van der Waals surface area contributed by atoms with E-state index < -0.39 is 22.5 Å². The van der Waals surface area contributed by atoms with Crippen molar-refractivity contribution in [2.45, 2.75) is 18.7 Å². The lowest BCUT2D eigenvalue weighted by Crippen LogP contribution is -2.31. The second-order valence-electron chi connectivity index (χ2n) is 3.55. The summed E-state index contributed by atoms with van der Waals surface area (Å²) in [5, 5.41) is 3.80. The molecular formula is C9H16N4O4S. The number of anilines is 1. The number of carbonyl (C=O) groups is 1. The minimum atomic E-state index is -3.87. The van der Waals surface area contributed by atoms with Crippen molar-refractivity contribution in [1.82, 2.24) is 14.5 Å². The molecule has 1 aromatic heterocycles. The first-order valence-corrected chi connectivity index (χ1v) is 6.72. The number of carbonyl (C=O) groups excluding carboxylic acids is 1. The number of nitrogens with two attached hydrogens (primary N) is 1. The maximum atomic E-state index is 11.9. The van der Waals surface area contributed by atoms with Crippen LogP contribution in [0.1, 0.15) is 12.6 Å². The molecule has 0 saturated carbocycles. The van der Waals surface area contributed by atoms with Gasteiger partial charge in [0, 0.05) is 7.05 Å². The summed E-state index contributed by atoms with van der Waals surface area (Å²) in [6, 6.07) is 0. The third-order valence-electron chi connectivity index (χ3n) is 2.28. The third kappa shape index (κ3) is 2.99. The fraction of sp³-hybridized carbons (Fsp3) is 0.556. The summed E-state index contributed by atoms with van der Waals surface area (Å²) in [6.45, 7) is 2.95. The van der Waals surface area contributed by atoms with E-state index in [0.717, 1.165) is 0 Å². The van der Waals surface area contributed by atoms with Crippen LogP contribution in [0.15, 0.2) is 4.90 Å². The summed E-state index contributed by atoms with van der Waals surface area (Å²) < 4.78 is 32.0. The summed E-state index contributed by atoms with van der Waals surface area (Å²) >= 11 is 0. The zero-order valence-electron chi connectivity index (χ0n) is 10.4. The minimum absolute atomic E-state index is 0.105. The highest BCUT2D eigenvalue weighted by Gasteiger charge is 2.25. The van der Waals surface area contributed by atoms with Gasteiger partial charge in [-0.05, 0) is 13.8 Å². The smallest absolute Gasteiger partial charge is 0.321 e. The lowest BCUT2D eigenvalue weighted by molar-refractivity contribution is -0.141. The van der Waals surface area contributed by atoms with Crippen LogP contribution in [0.2, 0.25) is 0 Å².